The molecule has 69 valence electrons. The van der Waals surface area contributed by atoms with E-state index in [9.17, 15) is 0 Å². The number of rotatable bonds is 5. The molecule has 1 aromatic carbocycles. The van der Waals surface area contributed by atoms with E-state index in [2.05, 4.69) is 18.7 Å². The standard InChI is InChI=1S/C10H15NOSi/c1-13-9-11(8-12)7-10-5-3-2-4-6-10/h2-6,12H,7-9H2,1H3/q+1. The molecule has 1 N–H and O–H groups in total. The van der Waals surface area contributed by atoms with E-state index >= 15 is 0 Å². The molecular formula is C10H15NOSi+. The zero-order chi connectivity index (χ0) is 9.52. The van der Waals surface area contributed by atoms with Gasteiger partial charge in [-0.15, -0.1) is 0 Å². The van der Waals surface area contributed by atoms with Gasteiger partial charge in [0, 0.05) is 6.54 Å². The van der Waals surface area contributed by atoms with Gasteiger partial charge < -0.3 is 5.11 Å². The van der Waals surface area contributed by atoms with Crippen molar-refractivity contribution in [3.63, 3.8) is 0 Å². The lowest BCUT2D eigenvalue weighted by Crippen LogP contribution is -2.27. The summed E-state index contributed by atoms with van der Waals surface area (Å²) in [4.78, 5) is 2.04. The van der Waals surface area contributed by atoms with Crippen molar-refractivity contribution in [2.24, 2.45) is 0 Å². The molecule has 0 fully saturated rings. The third-order valence-corrected chi connectivity index (χ3v) is 2.59. The Labute approximate surface area is 82.0 Å². The Bertz CT molecular complexity index is 228. The van der Waals surface area contributed by atoms with E-state index in [4.69, 9.17) is 5.11 Å². The smallest absolute Gasteiger partial charge is 0.381 e. The summed E-state index contributed by atoms with van der Waals surface area (Å²) in [6.45, 7) is 3.14. The molecule has 0 amide bonds. The minimum absolute atomic E-state index is 0.149. The topological polar surface area (TPSA) is 23.5 Å². The van der Waals surface area contributed by atoms with Gasteiger partial charge in [0.2, 0.25) is 0 Å². The predicted octanol–water partition coefficient (Wildman–Crippen LogP) is 1.15. The highest BCUT2D eigenvalue weighted by molar-refractivity contribution is 6.33. The van der Waals surface area contributed by atoms with E-state index in [1.807, 2.05) is 23.1 Å². The van der Waals surface area contributed by atoms with Gasteiger partial charge in [-0.2, -0.15) is 0 Å². The van der Waals surface area contributed by atoms with Crippen molar-refractivity contribution in [3.05, 3.63) is 35.9 Å². The van der Waals surface area contributed by atoms with Gasteiger partial charge in [0.15, 0.2) is 0 Å². The lowest BCUT2D eigenvalue weighted by molar-refractivity contribution is 0.118. The largest absolute Gasteiger partial charge is 0.494 e. The van der Waals surface area contributed by atoms with Crippen LogP contribution in [0.15, 0.2) is 30.3 Å². The van der Waals surface area contributed by atoms with E-state index in [0.717, 1.165) is 22.2 Å². The summed E-state index contributed by atoms with van der Waals surface area (Å²) in [5, 5.41) is 9.05. The first-order valence-electron chi connectivity index (χ1n) is 4.38. The molecule has 0 saturated carbocycles. The molecule has 3 heteroatoms. The summed E-state index contributed by atoms with van der Waals surface area (Å²) in [7, 11) is 0.863. The Morgan fingerprint density at radius 2 is 2.00 bits per heavy atom. The van der Waals surface area contributed by atoms with Crippen LogP contribution in [0, 0.1) is 0 Å². The first-order valence-corrected chi connectivity index (χ1v) is 6.09. The highest BCUT2D eigenvalue weighted by Gasteiger charge is 2.10. The summed E-state index contributed by atoms with van der Waals surface area (Å²) < 4.78 is 0. The maximum absolute atomic E-state index is 9.05. The second-order valence-corrected chi connectivity index (χ2v) is 3.99. The van der Waals surface area contributed by atoms with Crippen molar-refractivity contribution in [2.45, 2.75) is 13.1 Å². The zero-order valence-electron chi connectivity index (χ0n) is 7.90. The minimum Gasteiger partial charge on any atom is -0.381 e. The zero-order valence-corrected chi connectivity index (χ0v) is 8.90. The van der Waals surface area contributed by atoms with Crippen molar-refractivity contribution in [1.29, 1.82) is 0 Å². The summed E-state index contributed by atoms with van der Waals surface area (Å²) in [5.41, 5.74) is 1.26. The molecule has 0 bridgehead atoms. The summed E-state index contributed by atoms with van der Waals surface area (Å²) >= 11 is 0. The van der Waals surface area contributed by atoms with Gasteiger partial charge in [0.1, 0.15) is 6.17 Å². The van der Waals surface area contributed by atoms with E-state index in [1.54, 1.807) is 0 Å². The molecule has 0 heterocycles. The summed E-state index contributed by atoms with van der Waals surface area (Å²) in [6, 6.07) is 10.2. The molecule has 1 aromatic rings. The average Bonchev–Trinajstić information content (AvgIpc) is 2.19. The highest BCUT2D eigenvalue weighted by Crippen LogP contribution is 2.02. The molecule has 0 aliphatic rings. The molecule has 0 atom stereocenters. The molecule has 0 unspecified atom stereocenters. The van der Waals surface area contributed by atoms with Gasteiger partial charge >= 0.3 is 9.52 Å². The van der Waals surface area contributed by atoms with Crippen LogP contribution in [0.3, 0.4) is 0 Å². The van der Waals surface area contributed by atoms with Crippen molar-refractivity contribution < 1.29 is 5.11 Å². The van der Waals surface area contributed by atoms with E-state index < -0.39 is 0 Å². The second-order valence-electron chi connectivity index (χ2n) is 2.97. The fraction of sp³-hybridized carbons (Fsp3) is 0.400. The van der Waals surface area contributed by atoms with E-state index in [-0.39, 0.29) is 6.73 Å². The third kappa shape index (κ3) is 3.72. The Morgan fingerprint density at radius 3 is 2.54 bits per heavy atom. The first kappa shape index (κ1) is 10.4. The van der Waals surface area contributed by atoms with Crippen molar-refractivity contribution in [2.75, 3.05) is 12.9 Å². The van der Waals surface area contributed by atoms with Crippen molar-refractivity contribution in [1.82, 2.24) is 4.90 Å². The Morgan fingerprint density at radius 1 is 1.31 bits per heavy atom. The quantitative estimate of drug-likeness (QED) is 0.560. The number of benzene rings is 1. The number of hydrogen-bond acceptors (Lipinski definition) is 2. The molecule has 0 aromatic heterocycles. The van der Waals surface area contributed by atoms with E-state index in [0.29, 0.717) is 0 Å². The summed E-state index contributed by atoms with van der Waals surface area (Å²) in [6.07, 6.45) is 0.978. The van der Waals surface area contributed by atoms with Crippen LogP contribution in [-0.4, -0.2) is 32.4 Å². The maximum Gasteiger partial charge on any atom is 0.494 e. The molecule has 13 heavy (non-hydrogen) atoms. The Hall–Kier alpha value is -0.643. The third-order valence-electron chi connectivity index (χ3n) is 1.83. The van der Waals surface area contributed by atoms with Crippen LogP contribution in [-0.2, 0) is 6.54 Å². The van der Waals surface area contributed by atoms with E-state index in [1.165, 1.54) is 5.56 Å². The predicted molar refractivity (Wildman–Crippen MR) is 55.6 cm³/mol. The fourth-order valence-corrected chi connectivity index (χ4v) is 1.88. The van der Waals surface area contributed by atoms with Crippen LogP contribution in [0.5, 0.6) is 0 Å². The molecule has 0 saturated heterocycles. The van der Waals surface area contributed by atoms with Crippen LogP contribution in [0.2, 0.25) is 6.55 Å². The molecule has 1 rings (SSSR count). The van der Waals surface area contributed by atoms with Crippen LogP contribution in [0.4, 0.5) is 0 Å². The van der Waals surface area contributed by atoms with Gasteiger partial charge in [-0.3, -0.25) is 0 Å². The lowest BCUT2D eigenvalue weighted by Gasteiger charge is -2.13. The van der Waals surface area contributed by atoms with Crippen LogP contribution in [0.25, 0.3) is 0 Å². The van der Waals surface area contributed by atoms with Crippen LogP contribution >= 0.6 is 0 Å². The molecule has 0 spiro atoms. The van der Waals surface area contributed by atoms with Crippen molar-refractivity contribution >= 4 is 9.52 Å². The molecule has 2 nitrogen and oxygen atoms in total. The molecular weight excluding hydrogens is 178 g/mol. The van der Waals surface area contributed by atoms with Crippen molar-refractivity contribution in [3.8, 4) is 0 Å². The highest BCUT2D eigenvalue weighted by atomic mass is 28.2. The lowest BCUT2D eigenvalue weighted by atomic mass is 10.2. The van der Waals surface area contributed by atoms with Gasteiger partial charge in [0.25, 0.3) is 0 Å². The average molecular weight is 193 g/mol. The Balaban J connectivity index is 2.46. The first-order chi connectivity index (χ1) is 6.36. The fourth-order valence-electron chi connectivity index (χ4n) is 1.22. The normalized spacial score (nSPS) is 10.4. The second kappa shape index (κ2) is 5.91. The van der Waals surface area contributed by atoms with Crippen LogP contribution < -0.4 is 0 Å². The Kier molecular flexibility index (Phi) is 4.75. The molecule has 0 aliphatic carbocycles. The van der Waals surface area contributed by atoms with Gasteiger partial charge in [-0.05, 0) is 5.56 Å². The maximum atomic E-state index is 9.05. The number of aliphatic hydroxyl groups is 1. The molecule has 1 radical (unpaired) electrons. The SMILES string of the molecule is C[Si+]CN(CO)Cc1ccccc1. The number of nitrogens with zero attached hydrogens (tertiary/aromatic N) is 1. The summed E-state index contributed by atoms with van der Waals surface area (Å²) in [5.74, 6) is 0. The van der Waals surface area contributed by atoms with Gasteiger partial charge in [-0.25, -0.2) is 4.90 Å². The number of aliphatic hydroxyl groups excluding tert-OH is 1. The number of hydrogen-bond donors (Lipinski definition) is 1. The monoisotopic (exact) mass is 193 g/mol. The molecule has 0 aliphatic heterocycles. The minimum atomic E-state index is 0.149. The van der Waals surface area contributed by atoms with Crippen LogP contribution in [0.1, 0.15) is 5.56 Å². The van der Waals surface area contributed by atoms with Gasteiger partial charge in [-0.1, -0.05) is 30.3 Å². The van der Waals surface area contributed by atoms with Gasteiger partial charge in [0.05, 0.1) is 13.3 Å².